The quantitative estimate of drug-likeness (QED) is 0.904. The predicted octanol–water partition coefficient (Wildman–Crippen LogP) is 2.67. The zero-order chi connectivity index (χ0) is 14.7. The Labute approximate surface area is 127 Å². The van der Waals surface area contributed by atoms with Crippen LogP contribution in [0.4, 0.5) is 0 Å². The van der Waals surface area contributed by atoms with E-state index in [9.17, 15) is 4.79 Å². The summed E-state index contributed by atoms with van der Waals surface area (Å²) in [5.74, 6) is 0.317. The smallest absolute Gasteiger partial charge is 0.222 e. The number of rotatable bonds is 5. The molecule has 114 valence electrons. The minimum atomic E-state index is 0.0751. The summed E-state index contributed by atoms with van der Waals surface area (Å²) in [4.78, 5) is 14.2. The van der Waals surface area contributed by atoms with Crippen LogP contribution in [0, 0.1) is 0 Å². The average molecular weight is 286 g/mol. The molecule has 21 heavy (non-hydrogen) atoms. The lowest BCUT2D eigenvalue weighted by molar-refractivity contribution is -0.132. The van der Waals surface area contributed by atoms with E-state index in [0.717, 1.165) is 38.8 Å². The summed E-state index contributed by atoms with van der Waals surface area (Å²) in [5, 5.41) is 0. The van der Waals surface area contributed by atoms with Crippen molar-refractivity contribution >= 4 is 5.91 Å². The Bertz CT molecular complexity index is 484. The largest absolute Gasteiger partial charge is 0.343 e. The molecule has 3 heteroatoms. The van der Waals surface area contributed by atoms with Crippen LogP contribution in [0.5, 0.6) is 0 Å². The van der Waals surface area contributed by atoms with Crippen molar-refractivity contribution in [2.45, 2.75) is 56.9 Å². The zero-order valence-corrected chi connectivity index (χ0v) is 12.8. The molecule has 1 heterocycles. The summed E-state index contributed by atoms with van der Waals surface area (Å²) >= 11 is 0. The molecule has 0 bridgehead atoms. The molecule has 1 amide bonds. The van der Waals surface area contributed by atoms with Crippen LogP contribution in [-0.2, 0) is 17.6 Å². The number of piperidine rings is 1. The van der Waals surface area contributed by atoms with Gasteiger partial charge in [0.25, 0.3) is 0 Å². The van der Waals surface area contributed by atoms with Gasteiger partial charge in [0.15, 0.2) is 0 Å². The number of nitrogens with two attached hydrogens (primary N) is 1. The third-order valence-corrected chi connectivity index (χ3v) is 4.81. The Balaban J connectivity index is 1.47. The minimum absolute atomic E-state index is 0.0751. The van der Waals surface area contributed by atoms with Crippen LogP contribution < -0.4 is 5.73 Å². The van der Waals surface area contributed by atoms with Gasteiger partial charge in [0, 0.05) is 25.0 Å². The predicted molar refractivity (Wildman–Crippen MR) is 85.1 cm³/mol. The first-order chi connectivity index (χ1) is 10.1. The van der Waals surface area contributed by atoms with Gasteiger partial charge in [-0.05, 0) is 56.1 Å². The Morgan fingerprint density at radius 2 is 1.67 bits per heavy atom. The number of hydrogen-bond acceptors (Lipinski definition) is 2. The number of carbonyl (C=O) groups excluding carboxylic acids is 1. The van der Waals surface area contributed by atoms with E-state index in [-0.39, 0.29) is 5.54 Å². The second-order valence-corrected chi connectivity index (χ2v) is 6.80. The highest BCUT2D eigenvalue weighted by Crippen LogP contribution is 2.35. The van der Waals surface area contributed by atoms with Crippen LogP contribution in [0.1, 0.15) is 49.7 Å². The average Bonchev–Trinajstić information content (AvgIpc) is 3.24. The molecule has 1 aromatic rings. The Hall–Kier alpha value is -1.35. The fraction of sp³-hybridized carbons (Fsp3) is 0.611. The van der Waals surface area contributed by atoms with E-state index >= 15 is 0 Å². The van der Waals surface area contributed by atoms with Crippen molar-refractivity contribution in [3.05, 3.63) is 35.4 Å². The Morgan fingerprint density at radius 1 is 1.05 bits per heavy atom. The van der Waals surface area contributed by atoms with E-state index in [1.807, 2.05) is 4.90 Å². The fourth-order valence-electron chi connectivity index (χ4n) is 3.12. The summed E-state index contributed by atoms with van der Waals surface area (Å²) < 4.78 is 0. The number of hydrogen-bond donors (Lipinski definition) is 1. The second kappa shape index (κ2) is 6.18. The van der Waals surface area contributed by atoms with Gasteiger partial charge >= 0.3 is 0 Å². The summed E-state index contributed by atoms with van der Waals surface area (Å²) in [7, 11) is 0. The molecule has 0 spiro atoms. The Kier molecular flexibility index (Phi) is 4.29. The number of aryl methyl sites for hydroxylation is 1. The van der Waals surface area contributed by atoms with Crippen LogP contribution in [0.3, 0.4) is 0 Å². The first-order valence-electron chi connectivity index (χ1n) is 8.29. The molecule has 2 N–H and O–H groups in total. The maximum atomic E-state index is 12.1. The first kappa shape index (κ1) is 14.6. The second-order valence-electron chi connectivity index (χ2n) is 6.80. The molecule has 0 unspecified atom stereocenters. The van der Waals surface area contributed by atoms with E-state index < -0.39 is 0 Å². The van der Waals surface area contributed by atoms with Crippen LogP contribution in [0.25, 0.3) is 0 Å². The molecule has 1 aliphatic carbocycles. The lowest BCUT2D eigenvalue weighted by Gasteiger charge is -2.26. The molecular weight excluding hydrogens is 260 g/mol. The molecular formula is C18H26N2O. The normalized spacial score (nSPS) is 20.3. The molecule has 1 saturated heterocycles. The highest BCUT2D eigenvalue weighted by atomic mass is 16.2. The van der Waals surface area contributed by atoms with Gasteiger partial charge in [-0.3, -0.25) is 4.79 Å². The number of carbonyl (C=O) groups is 1. The fourth-order valence-corrected chi connectivity index (χ4v) is 3.12. The Morgan fingerprint density at radius 3 is 2.29 bits per heavy atom. The molecule has 3 nitrogen and oxygen atoms in total. The summed E-state index contributed by atoms with van der Waals surface area (Å²) in [5.41, 5.74) is 8.80. The van der Waals surface area contributed by atoms with Crippen molar-refractivity contribution in [1.29, 1.82) is 0 Å². The molecule has 2 aliphatic rings. The number of amides is 1. The van der Waals surface area contributed by atoms with Gasteiger partial charge in [-0.1, -0.05) is 24.3 Å². The molecule has 0 radical (unpaired) electrons. The lowest BCUT2D eigenvalue weighted by atomic mass is 10.0. The topological polar surface area (TPSA) is 46.3 Å². The molecule has 0 atom stereocenters. The van der Waals surface area contributed by atoms with Gasteiger partial charge < -0.3 is 10.6 Å². The molecule has 1 aromatic carbocycles. The highest BCUT2D eigenvalue weighted by molar-refractivity contribution is 5.76. The summed E-state index contributed by atoms with van der Waals surface area (Å²) in [6, 6.07) is 8.66. The molecule has 2 fully saturated rings. The van der Waals surface area contributed by atoms with Crippen molar-refractivity contribution in [3.8, 4) is 0 Å². The summed E-state index contributed by atoms with van der Waals surface area (Å²) in [6.07, 6.45) is 8.39. The third-order valence-electron chi connectivity index (χ3n) is 4.81. The van der Waals surface area contributed by atoms with Crippen molar-refractivity contribution < 1.29 is 4.79 Å². The van der Waals surface area contributed by atoms with Crippen molar-refractivity contribution in [2.75, 3.05) is 13.1 Å². The van der Waals surface area contributed by atoms with E-state index in [1.165, 1.54) is 30.4 Å². The number of nitrogens with zero attached hydrogens (tertiary/aromatic N) is 1. The van der Waals surface area contributed by atoms with Crippen LogP contribution >= 0.6 is 0 Å². The van der Waals surface area contributed by atoms with Gasteiger partial charge in [-0.15, -0.1) is 0 Å². The molecule has 3 rings (SSSR count). The first-order valence-corrected chi connectivity index (χ1v) is 8.29. The monoisotopic (exact) mass is 286 g/mol. The third kappa shape index (κ3) is 4.07. The maximum Gasteiger partial charge on any atom is 0.222 e. The van der Waals surface area contributed by atoms with Gasteiger partial charge in [-0.2, -0.15) is 0 Å². The zero-order valence-electron chi connectivity index (χ0n) is 12.8. The number of benzene rings is 1. The lowest BCUT2D eigenvalue weighted by Crippen LogP contribution is -2.35. The molecule has 0 aromatic heterocycles. The number of likely N-dealkylation sites (tertiary alicyclic amines) is 1. The maximum absolute atomic E-state index is 12.1. The van der Waals surface area contributed by atoms with Crippen LogP contribution in [-0.4, -0.2) is 29.4 Å². The van der Waals surface area contributed by atoms with Gasteiger partial charge in [0.05, 0.1) is 0 Å². The standard InChI is InChI=1S/C18H26N2O/c19-18(10-11-18)14-16-6-4-15(5-7-16)8-9-17(21)20-12-2-1-3-13-20/h4-7H,1-3,8-14,19H2. The minimum Gasteiger partial charge on any atom is -0.343 e. The van der Waals surface area contributed by atoms with Gasteiger partial charge in [0.2, 0.25) is 5.91 Å². The van der Waals surface area contributed by atoms with Crippen molar-refractivity contribution in [2.24, 2.45) is 5.73 Å². The van der Waals surface area contributed by atoms with Crippen molar-refractivity contribution in [3.63, 3.8) is 0 Å². The van der Waals surface area contributed by atoms with Crippen molar-refractivity contribution in [1.82, 2.24) is 4.90 Å². The van der Waals surface area contributed by atoms with Gasteiger partial charge in [-0.25, -0.2) is 0 Å². The highest BCUT2D eigenvalue weighted by Gasteiger charge is 2.37. The van der Waals surface area contributed by atoms with Gasteiger partial charge in [0.1, 0.15) is 0 Å². The van der Waals surface area contributed by atoms with E-state index in [1.54, 1.807) is 0 Å². The van der Waals surface area contributed by atoms with E-state index in [4.69, 9.17) is 5.73 Å². The van der Waals surface area contributed by atoms with E-state index in [0.29, 0.717) is 12.3 Å². The van der Waals surface area contributed by atoms with Crippen LogP contribution in [0.2, 0.25) is 0 Å². The van der Waals surface area contributed by atoms with Crippen LogP contribution in [0.15, 0.2) is 24.3 Å². The SMILES string of the molecule is NC1(Cc2ccc(CCC(=O)N3CCCCC3)cc2)CC1. The van der Waals surface area contributed by atoms with E-state index in [2.05, 4.69) is 24.3 Å². The molecule has 1 aliphatic heterocycles. The molecule has 1 saturated carbocycles. The summed E-state index contributed by atoms with van der Waals surface area (Å²) in [6.45, 7) is 1.91.